The number of rotatable bonds is 6. The van der Waals surface area contributed by atoms with Crippen molar-refractivity contribution in [2.24, 2.45) is 5.92 Å². The number of nitrogens with one attached hydrogen (secondary N) is 1. The Morgan fingerprint density at radius 3 is 2.96 bits per heavy atom. The van der Waals surface area contributed by atoms with E-state index >= 15 is 0 Å². The highest BCUT2D eigenvalue weighted by atomic mass is 35.5. The van der Waals surface area contributed by atoms with Crippen molar-refractivity contribution in [2.75, 3.05) is 33.4 Å². The van der Waals surface area contributed by atoms with Crippen molar-refractivity contribution in [3.63, 3.8) is 0 Å². The summed E-state index contributed by atoms with van der Waals surface area (Å²) in [4.78, 5) is 30.2. The molecule has 1 N–H and O–H groups in total. The SMILES string of the molecule is COCC(=O)N1CCC[C@H](C(=O)NCCc2nc(C)c(Cl)s2)C1. The van der Waals surface area contributed by atoms with E-state index in [2.05, 4.69) is 10.3 Å². The molecule has 0 radical (unpaired) electrons. The Hall–Kier alpha value is -1.18. The van der Waals surface area contributed by atoms with Crippen LogP contribution in [0.5, 0.6) is 0 Å². The Balaban J connectivity index is 1.77. The Labute approximate surface area is 145 Å². The molecule has 0 bridgehead atoms. The molecule has 2 rings (SSSR count). The van der Waals surface area contributed by atoms with Gasteiger partial charge in [0, 0.05) is 33.2 Å². The fraction of sp³-hybridized carbons (Fsp3) is 0.667. The molecule has 0 aromatic carbocycles. The van der Waals surface area contributed by atoms with E-state index in [9.17, 15) is 9.59 Å². The number of likely N-dealkylation sites (tertiary alicyclic amines) is 1. The van der Waals surface area contributed by atoms with Crippen LogP contribution < -0.4 is 5.32 Å². The van der Waals surface area contributed by atoms with Crippen molar-refractivity contribution in [3.05, 3.63) is 15.0 Å². The second kappa shape index (κ2) is 8.61. The lowest BCUT2D eigenvalue weighted by Gasteiger charge is -2.31. The number of ether oxygens (including phenoxy) is 1. The molecule has 1 aliphatic heterocycles. The average Bonchev–Trinajstić information content (AvgIpc) is 2.86. The molecule has 0 spiro atoms. The van der Waals surface area contributed by atoms with Crippen molar-refractivity contribution >= 4 is 34.8 Å². The van der Waals surface area contributed by atoms with Gasteiger partial charge in [-0.15, -0.1) is 11.3 Å². The Morgan fingerprint density at radius 1 is 1.52 bits per heavy atom. The first kappa shape index (κ1) is 18.2. The van der Waals surface area contributed by atoms with E-state index in [0.29, 0.717) is 30.4 Å². The summed E-state index contributed by atoms with van der Waals surface area (Å²) in [5.74, 6) is -0.205. The van der Waals surface area contributed by atoms with Gasteiger partial charge in [-0.05, 0) is 19.8 Å². The van der Waals surface area contributed by atoms with Gasteiger partial charge >= 0.3 is 0 Å². The molecule has 1 atom stereocenters. The lowest BCUT2D eigenvalue weighted by Crippen LogP contribution is -2.46. The maximum absolute atomic E-state index is 12.3. The van der Waals surface area contributed by atoms with Crippen molar-refractivity contribution in [1.29, 1.82) is 0 Å². The molecule has 2 heterocycles. The number of carbonyl (C=O) groups is 2. The number of halogens is 1. The van der Waals surface area contributed by atoms with Crippen LogP contribution in [0.1, 0.15) is 23.5 Å². The standard InChI is InChI=1S/C15H22ClN3O3S/c1-10-14(16)23-12(18-10)5-6-17-15(21)11-4-3-7-19(8-11)13(20)9-22-2/h11H,3-9H2,1-2H3,(H,17,21)/t11-/m0/s1. The number of methoxy groups -OCH3 is 1. The van der Waals surface area contributed by atoms with E-state index in [4.69, 9.17) is 16.3 Å². The number of carbonyl (C=O) groups excluding carboxylic acids is 2. The molecule has 8 heteroatoms. The molecule has 1 aromatic heterocycles. The summed E-state index contributed by atoms with van der Waals surface area (Å²) >= 11 is 7.43. The zero-order chi connectivity index (χ0) is 16.8. The third kappa shape index (κ3) is 5.16. The predicted octanol–water partition coefficient (Wildman–Crippen LogP) is 1.65. The topological polar surface area (TPSA) is 71.5 Å². The highest BCUT2D eigenvalue weighted by Crippen LogP contribution is 2.23. The zero-order valence-corrected chi connectivity index (χ0v) is 15.0. The van der Waals surface area contributed by atoms with Gasteiger partial charge in [0.25, 0.3) is 0 Å². The maximum Gasteiger partial charge on any atom is 0.248 e. The maximum atomic E-state index is 12.3. The second-order valence-electron chi connectivity index (χ2n) is 5.62. The Bertz CT molecular complexity index is 545. The van der Waals surface area contributed by atoms with Gasteiger partial charge in [-0.25, -0.2) is 4.98 Å². The molecule has 6 nitrogen and oxygen atoms in total. The van der Waals surface area contributed by atoms with Crippen LogP contribution in [-0.4, -0.2) is 55.0 Å². The zero-order valence-electron chi connectivity index (χ0n) is 13.4. The first-order valence-electron chi connectivity index (χ1n) is 7.67. The number of aromatic nitrogens is 1. The minimum Gasteiger partial charge on any atom is -0.375 e. The first-order chi connectivity index (χ1) is 11.0. The molecule has 1 fully saturated rings. The van der Waals surface area contributed by atoms with Crippen LogP contribution in [0, 0.1) is 12.8 Å². The van der Waals surface area contributed by atoms with Gasteiger partial charge < -0.3 is 15.0 Å². The summed E-state index contributed by atoms with van der Waals surface area (Å²) in [6.07, 6.45) is 2.32. The number of amides is 2. The van der Waals surface area contributed by atoms with Crippen LogP contribution in [0.4, 0.5) is 0 Å². The summed E-state index contributed by atoms with van der Waals surface area (Å²) in [5.41, 5.74) is 0.831. The average molecular weight is 360 g/mol. The van der Waals surface area contributed by atoms with Gasteiger partial charge in [-0.2, -0.15) is 0 Å². The number of thiazole rings is 1. The van der Waals surface area contributed by atoms with Crippen LogP contribution >= 0.6 is 22.9 Å². The van der Waals surface area contributed by atoms with Crippen molar-refractivity contribution < 1.29 is 14.3 Å². The minimum absolute atomic E-state index is 0.000656. The minimum atomic E-state index is -0.147. The van der Waals surface area contributed by atoms with Crippen LogP contribution in [-0.2, 0) is 20.7 Å². The Morgan fingerprint density at radius 2 is 2.30 bits per heavy atom. The number of hydrogen-bond donors (Lipinski definition) is 1. The molecular formula is C15H22ClN3O3S. The van der Waals surface area contributed by atoms with Gasteiger partial charge in [0.2, 0.25) is 11.8 Å². The normalized spacial score (nSPS) is 18.0. The predicted molar refractivity (Wildman–Crippen MR) is 89.8 cm³/mol. The fourth-order valence-electron chi connectivity index (χ4n) is 2.61. The van der Waals surface area contributed by atoms with E-state index in [1.165, 1.54) is 18.4 Å². The monoisotopic (exact) mass is 359 g/mol. The summed E-state index contributed by atoms with van der Waals surface area (Å²) < 4.78 is 5.57. The molecule has 1 saturated heterocycles. The van der Waals surface area contributed by atoms with Crippen LogP contribution in [0.15, 0.2) is 0 Å². The molecule has 1 aromatic rings. The van der Waals surface area contributed by atoms with Gasteiger partial charge in [-0.1, -0.05) is 11.6 Å². The van der Waals surface area contributed by atoms with Gasteiger partial charge in [-0.3, -0.25) is 9.59 Å². The van der Waals surface area contributed by atoms with Crippen molar-refractivity contribution in [2.45, 2.75) is 26.2 Å². The third-order valence-corrected chi connectivity index (χ3v) is 5.35. The summed E-state index contributed by atoms with van der Waals surface area (Å²) in [6.45, 7) is 3.64. The number of piperidine rings is 1. The number of nitrogens with zero attached hydrogens (tertiary/aromatic N) is 2. The number of aryl methyl sites for hydroxylation is 1. The molecule has 23 heavy (non-hydrogen) atoms. The highest BCUT2D eigenvalue weighted by Gasteiger charge is 2.28. The third-order valence-electron chi connectivity index (χ3n) is 3.84. The van der Waals surface area contributed by atoms with E-state index in [1.54, 1.807) is 4.90 Å². The quantitative estimate of drug-likeness (QED) is 0.838. The van der Waals surface area contributed by atoms with Crippen LogP contribution in [0.25, 0.3) is 0 Å². The second-order valence-corrected chi connectivity index (χ2v) is 7.31. The van der Waals surface area contributed by atoms with E-state index in [-0.39, 0.29) is 24.3 Å². The van der Waals surface area contributed by atoms with E-state index in [0.717, 1.165) is 23.5 Å². The molecule has 0 saturated carbocycles. The summed E-state index contributed by atoms with van der Waals surface area (Å²) in [6, 6.07) is 0. The van der Waals surface area contributed by atoms with Crippen LogP contribution in [0.3, 0.4) is 0 Å². The van der Waals surface area contributed by atoms with Crippen molar-refractivity contribution in [1.82, 2.24) is 15.2 Å². The Kier molecular flexibility index (Phi) is 6.80. The van der Waals surface area contributed by atoms with Gasteiger partial charge in [0.05, 0.1) is 16.6 Å². The van der Waals surface area contributed by atoms with Gasteiger partial charge in [0.15, 0.2) is 0 Å². The molecule has 128 valence electrons. The molecule has 1 aliphatic rings. The fourth-order valence-corrected chi connectivity index (χ4v) is 3.70. The van der Waals surface area contributed by atoms with Crippen molar-refractivity contribution in [3.8, 4) is 0 Å². The van der Waals surface area contributed by atoms with Gasteiger partial charge in [0.1, 0.15) is 10.9 Å². The largest absolute Gasteiger partial charge is 0.375 e. The highest BCUT2D eigenvalue weighted by molar-refractivity contribution is 7.16. The molecular weight excluding hydrogens is 338 g/mol. The summed E-state index contributed by atoms with van der Waals surface area (Å²) in [7, 11) is 1.50. The first-order valence-corrected chi connectivity index (χ1v) is 8.87. The summed E-state index contributed by atoms with van der Waals surface area (Å²) in [5, 5.41) is 3.86. The molecule has 2 amide bonds. The molecule has 0 unspecified atom stereocenters. The van der Waals surface area contributed by atoms with Crippen LogP contribution in [0.2, 0.25) is 4.34 Å². The lowest BCUT2D eigenvalue weighted by atomic mass is 9.97. The smallest absolute Gasteiger partial charge is 0.248 e. The molecule has 0 aliphatic carbocycles. The van der Waals surface area contributed by atoms with E-state index in [1.807, 2.05) is 6.92 Å². The van der Waals surface area contributed by atoms with E-state index < -0.39 is 0 Å². The lowest BCUT2D eigenvalue weighted by molar-refractivity contribution is -0.138. The number of hydrogen-bond acceptors (Lipinski definition) is 5.